The quantitative estimate of drug-likeness (QED) is 0.812. The molecule has 1 aromatic carbocycles. The fourth-order valence-electron chi connectivity index (χ4n) is 2.97. The maximum atomic E-state index is 6.06. The predicted octanol–water partition coefficient (Wildman–Crippen LogP) is 5.30. The molecule has 2 heterocycles. The van der Waals surface area contributed by atoms with Crippen LogP contribution in [0.1, 0.15) is 32.6 Å². The first-order valence-corrected chi connectivity index (χ1v) is 8.74. The zero-order valence-electron chi connectivity index (χ0n) is 13.1. The standard InChI is InChI=1S/C17H20Cl2N4/c1-2-13-5-3-4-10-23(13)17-20-9-8-16(22-17)21-12-6-7-14(18)15(19)11-12/h6-9,11,13H,2-5,10H2,1H3,(H,20,21,22). The summed E-state index contributed by atoms with van der Waals surface area (Å²) in [5.74, 6) is 1.55. The van der Waals surface area contributed by atoms with Crippen LogP contribution in [0.4, 0.5) is 17.5 Å². The number of piperidine rings is 1. The molecule has 4 nitrogen and oxygen atoms in total. The Morgan fingerprint density at radius 1 is 1.22 bits per heavy atom. The summed E-state index contributed by atoms with van der Waals surface area (Å²) in [5.41, 5.74) is 0.856. The lowest BCUT2D eigenvalue weighted by Gasteiger charge is -2.35. The van der Waals surface area contributed by atoms with E-state index in [1.54, 1.807) is 18.3 Å². The number of rotatable bonds is 4. The first-order chi connectivity index (χ1) is 11.2. The second-order valence-corrected chi connectivity index (χ2v) is 6.56. The normalized spacial score (nSPS) is 18.0. The van der Waals surface area contributed by atoms with Crippen molar-refractivity contribution in [2.75, 3.05) is 16.8 Å². The van der Waals surface area contributed by atoms with Crippen molar-refractivity contribution in [1.82, 2.24) is 9.97 Å². The Morgan fingerprint density at radius 3 is 2.87 bits per heavy atom. The number of anilines is 3. The minimum Gasteiger partial charge on any atom is -0.340 e. The van der Waals surface area contributed by atoms with Crippen molar-refractivity contribution >= 4 is 40.7 Å². The third-order valence-electron chi connectivity index (χ3n) is 4.19. The molecule has 122 valence electrons. The molecular weight excluding hydrogens is 331 g/mol. The fourth-order valence-corrected chi connectivity index (χ4v) is 3.26. The van der Waals surface area contributed by atoms with Crippen LogP contribution in [0.2, 0.25) is 10.0 Å². The average Bonchev–Trinajstić information content (AvgIpc) is 2.58. The van der Waals surface area contributed by atoms with E-state index >= 15 is 0 Å². The molecule has 3 rings (SSSR count). The van der Waals surface area contributed by atoms with Crippen LogP contribution in [0.3, 0.4) is 0 Å². The van der Waals surface area contributed by atoms with E-state index in [4.69, 9.17) is 23.2 Å². The van der Waals surface area contributed by atoms with Crippen LogP contribution >= 0.6 is 23.2 Å². The average molecular weight is 351 g/mol. The lowest BCUT2D eigenvalue weighted by molar-refractivity contribution is 0.443. The molecular formula is C17H20Cl2N4. The van der Waals surface area contributed by atoms with Gasteiger partial charge in [-0.05, 0) is 49.9 Å². The molecule has 1 aromatic heterocycles. The summed E-state index contributed by atoms with van der Waals surface area (Å²) in [5, 5.41) is 4.33. The van der Waals surface area contributed by atoms with Crippen LogP contribution in [0.25, 0.3) is 0 Å². The van der Waals surface area contributed by atoms with Crippen molar-refractivity contribution in [2.24, 2.45) is 0 Å². The monoisotopic (exact) mass is 350 g/mol. The Balaban J connectivity index is 1.80. The molecule has 1 unspecified atom stereocenters. The summed E-state index contributed by atoms with van der Waals surface area (Å²) in [6.07, 6.45) is 6.61. The molecule has 23 heavy (non-hydrogen) atoms. The molecule has 1 aliphatic rings. The third-order valence-corrected chi connectivity index (χ3v) is 4.93. The topological polar surface area (TPSA) is 41.1 Å². The molecule has 0 amide bonds. The Bertz CT molecular complexity index is 677. The van der Waals surface area contributed by atoms with Crippen LogP contribution in [-0.4, -0.2) is 22.6 Å². The number of nitrogens with one attached hydrogen (secondary N) is 1. The Kier molecular flexibility index (Phi) is 5.23. The molecule has 1 aliphatic heterocycles. The van der Waals surface area contributed by atoms with Gasteiger partial charge in [0.25, 0.3) is 0 Å². The SMILES string of the molecule is CCC1CCCCN1c1nccc(Nc2ccc(Cl)c(Cl)c2)n1. The van der Waals surface area contributed by atoms with E-state index in [0.29, 0.717) is 16.1 Å². The molecule has 6 heteroatoms. The highest BCUT2D eigenvalue weighted by Gasteiger charge is 2.23. The number of halogens is 2. The van der Waals surface area contributed by atoms with Gasteiger partial charge in [-0.3, -0.25) is 0 Å². The summed E-state index contributed by atoms with van der Waals surface area (Å²) >= 11 is 12.0. The minimum atomic E-state index is 0.521. The van der Waals surface area contributed by atoms with Crippen LogP contribution in [0, 0.1) is 0 Å². The van der Waals surface area contributed by atoms with Gasteiger partial charge in [-0.1, -0.05) is 30.1 Å². The van der Waals surface area contributed by atoms with Crippen molar-refractivity contribution in [2.45, 2.75) is 38.6 Å². The first kappa shape index (κ1) is 16.3. The molecule has 0 bridgehead atoms. The van der Waals surface area contributed by atoms with Crippen LogP contribution in [-0.2, 0) is 0 Å². The van der Waals surface area contributed by atoms with Gasteiger partial charge in [0.15, 0.2) is 0 Å². The van der Waals surface area contributed by atoms with E-state index in [0.717, 1.165) is 30.4 Å². The van der Waals surface area contributed by atoms with Gasteiger partial charge in [-0.15, -0.1) is 0 Å². The molecule has 0 saturated carbocycles. The largest absolute Gasteiger partial charge is 0.340 e. The number of hydrogen-bond donors (Lipinski definition) is 1. The maximum Gasteiger partial charge on any atom is 0.227 e. The molecule has 2 aromatic rings. The highest BCUT2D eigenvalue weighted by atomic mass is 35.5. The van der Waals surface area contributed by atoms with Gasteiger partial charge in [0.05, 0.1) is 10.0 Å². The van der Waals surface area contributed by atoms with Crippen LogP contribution in [0.15, 0.2) is 30.5 Å². The Hall–Kier alpha value is -1.52. The molecule has 1 atom stereocenters. The highest BCUT2D eigenvalue weighted by molar-refractivity contribution is 6.42. The third kappa shape index (κ3) is 3.88. The zero-order valence-corrected chi connectivity index (χ0v) is 14.6. The molecule has 1 saturated heterocycles. The van der Waals surface area contributed by atoms with E-state index in [2.05, 4.69) is 27.1 Å². The van der Waals surface area contributed by atoms with Crippen LogP contribution in [0.5, 0.6) is 0 Å². The lowest BCUT2D eigenvalue weighted by atomic mass is 10.0. The molecule has 1 N–H and O–H groups in total. The van der Waals surface area contributed by atoms with Gasteiger partial charge in [-0.2, -0.15) is 4.98 Å². The van der Waals surface area contributed by atoms with Gasteiger partial charge in [0.1, 0.15) is 5.82 Å². The summed E-state index contributed by atoms with van der Waals surface area (Å²) in [4.78, 5) is 11.5. The predicted molar refractivity (Wildman–Crippen MR) is 97.1 cm³/mol. The number of aromatic nitrogens is 2. The van der Waals surface area contributed by atoms with Crippen molar-refractivity contribution in [3.05, 3.63) is 40.5 Å². The van der Waals surface area contributed by atoms with Gasteiger partial charge in [0, 0.05) is 24.5 Å². The zero-order chi connectivity index (χ0) is 16.2. The molecule has 0 spiro atoms. The molecule has 0 aliphatic carbocycles. The first-order valence-electron chi connectivity index (χ1n) is 7.99. The van der Waals surface area contributed by atoms with Crippen molar-refractivity contribution in [3.63, 3.8) is 0 Å². The summed E-state index contributed by atoms with van der Waals surface area (Å²) in [7, 11) is 0. The second-order valence-electron chi connectivity index (χ2n) is 5.75. The van der Waals surface area contributed by atoms with Crippen molar-refractivity contribution in [3.8, 4) is 0 Å². The van der Waals surface area contributed by atoms with E-state index in [-0.39, 0.29) is 0 Å². The number of benzene rings is 1. The van der Waals surface area contributed by atoms with Gasteiger partial charge >= 0.3 is 0 Å². The summed E-state index contributed by atoms with van der Waals surface area (Å²) in [6.45, 7) is 3.25. The van der Waals surface area contributed by atoms with E-state index in [1.165, 1.54) is 19.3 Å². The highest BCUT2D eigenvalue weighted by Crippen LogP contribution is 2.28. The molecule has 1 fully saturated rings. The van der Waals surface area contributed by atoms with Gasteiger partial charge in [0.2, 0.25) is 5.95 Å². The smallest absolute Gasteiger partial charge is 0.227 e. The fraction of sp³-hybridized carbons (Fsp3) is 0.412. The van der Waals surface area contributed by atoms with E-state index in [1.807, 2.05) is 12.1 Å². The second kappa shape index (κ2) is 7.37. The summed E-state index contributed by atoms with van der Waals surface area (Å²) < 4.78 is 0. The van der Waals surface area contributed by atoms with E-state index in [9.17, 15) is 0 Å². The van der Waals surface area contributed by atoms with Gasteiger partial charge < -0.3 is 10.2 Å². The van der Waals surface area contributed by atoms with Crippen LogP contribution < -0.4 is 10.2 Å². The maximum absolute atomic E-state index is 6.06. The Labute approximate surface area is 146 Å². The minimum absolute atomic E-state index is 0.521. The molecule has 0 radical (unpaired) electrons. The van der Waals surface area contributed by atoms with Gasteiger partial charge in [-0.25, -0.2) is 4.98 Å². The van der Waals surface area contributed by atoms with Crippen molar-refractivity contribution < 1.29 is 0 Å². The lowest BCUT2D eigenvalue weighted by Crippen LogP contribution is -2.40. The van der Waals surface area contributed by atoms with Crippen molar-refractivity contribution in [1.29, 1.82) is 0 Å². The van der Waals surface area contributed by atoms with E-state index < -0.39 is 0 Å². The Morgan fingerprint density at radius 2 is 2.09 bits per heavy atom. The number of nitrogens with zero attached hydrogens (tertiary/aromatic N) is 3. The number of hydrogen-bond acceptors (Lipinski definition) is 4. The summed E-state index contributed by atoms with van der Waals surface area (Å²) in [6, 6.07) is 7.83.